The van der Waals surface area contributed by atoms with E-state index < -0.39 is 0 Å². The van der Waals surface area contributed by atoms with Gasteiger partial charge in [0.15, 0.2) is 0 Å². The quantitative estimate of drug-likeness (QED) is 0.740. The molecule has 0 spiro atoms. The van der Waals surface area contributed by atoms with Gasteiger partial charge in [-0.1, -0.05) is 54.6 Å². The molecule has 1 aliphatic carbocycles. The number of hydrogen-bond acceptors (Lipinski definition) is 1. The van der Waals surface area contributed by atoms with E-state index in [0.717, 1.165) is 12.0 Å². The number of halogens is 1. The molecule has 3 atom stereocenters. The highest BCUT2D eigenvalue weighted by molar-refractivity contribution is 5.60. The number of fused-ring (bicyclic) bond motifs is 3. The van der Waals surface area contributed by atoms with Crippen molar-refractivity contribution < 1.29 is 4.39 Å². The maximum atomic E-state index is 14.1. The van der Waals surface area contributed by atoms with E-state index in [0.29, 0.717) is 17.5 Å². The van der Waals surface area contributed by atoms with Gasteiger partial charge in [0.1, 0.15) is 5.82 Å². The van der Waals surface area contributed by atoms with E-state index in [-0.39, 0.29) is 11.9 Å². The summed E-state index contributed by atoms with van der Waals surface area (Å²) >= 11 is 0. The first-order valence-corrected chi connectivity index (χ1v) is 7.11. The number of rotatable bonds is 1. The molecule has 2 aromatic rings. The highest BCUT2D eigenvalue weighted by Crippen LogP contribution is 2.50. The molecule has 2 heteroatoms. The molecule has 1 nitrogen and oxygen atoms in total. The fourth-order valence-electron chi connectivity index (χ4n) is 3.57. The van der Waals surface area contributed by atoms with Crippen LogP contribution in [-0.4, -0.2) is 0 Å². The molecule has 0 radical (unpaired) electrons. The van der Waals surface area contributed by atoms with Gasteiger partial charge in [0, 0.05) is 5.92 Å². The van der Waals surface area contributed by atoms with Crippen molar-refractivity contribution in [2.24, 2.45) is 5.92 Å². The van der Waals surface area contributed by atoms with Crippen LogP contribution in [0.4, 0.5) is 10.1 Å². The third-order valence-corrected chi connectivity index (χ3v) is 4.50. The predicted molar refractivity (Wildman–Crippen MR) is 79.2 cm³/mol. The number of hydrogen-bond donors (Lipinski definition) is 1. The molecule has 0 amide bonds. The predicted octanol–water partition coefficient (Wildman–Crippen LogP) is 4.65. The minimum atomic E-state index is -0.151. The van der Waals surface area contributed by atoms with Crippen molar-refractivity contribution in [3.63, 3.8) is 0 Å². The zero-order valence-corrected chi connectivity index (χ0v) is 11.1. The Hall–Kier alpha value is -2.09. The summed E-state index contributed by atoms with van der Waals surface area (Å²) in [6.45, 7) is 0. The second-order valence-corrected chi connectivity index (χ2v) is 5.59. The normalized spacial score (nSPS) is 26.8. The van der Waals surface area contributed by atoms with Crippen molar-refractivity contribution in [1.29, 1.82) is 0 Å². The first-order valence-electron chi connectivity index (χ1n) is 7.11. The maximum absolute atomic E-state index is 14.1. The summed E-state index contributed by atoms with van der Waals surface area (Å²) in [5.74, 6) is 0.654. The second-order valence-electron chi connectivity index (χ2n) is 5.59. The molecular formula is C18H16FN. The van der Waals surface area contributed by atoms with Gasteiger partial charge in [-0.05, 0) is 29.5 Å². The average Bonchev–Trinajstić information content (AvgIpc) is 2.97. The molecule has 20 heavy (non-hydrogen) atoms. The lowest BCUT2D eigenvalue weighted by atomic mass is 9.77. The lowest BCUT2D eigenvalue weighted by Gasteiger charge is -2.37. The van der Waals surface area contributed by atoms with Crippen LogP contribution in [0.1, 0.15) is 29.5 Å². The van der Waals surface area contributed by atoms with Gasteiger partial charge in [-0.25, -0.2) is 4.39 Å². The van der Waals surface area contributed by atoms with Gasteiger partial charge in [-0.3, -0.25) is 0 Å². The van der Waals surface area contributed by atoms with Crippen LogP contribution in [0.2, 0.25) is 0 Å². The molecule has 2 aromatic carbocycles. The zero-order valence-electron chi connectivity index (χ0n) is 11.1. The summed E-state index contributed by atoms with van der Waals surface area (Å²) in [6, 6.07) is 15.9. The smallest absolute Gasteiger partial charge is 0.146 e. The molecule has 100 valence electrons. The van der Waals surface area contributed by atoms with E-state index >= 15 is 0 Å². The van der Waals surface area contributed by atoms with Crippen molar-refractivity contribution in [1.82, 2.24) is 0 Å². The molecule has 1 aliphatic heterocycles. The van der Waals surface area contributed by atoms with Gasteiger partial charge in [0.05, 0.1) is 11.7 Å². The van der Waals surface area contributed by atoms with Crippen LogP contribution in [-0.2, 0) is 0 Å². The molecular weight excluding hydrogens is 249 g/mol. The number of allylic oxidation sites excluding steroid dienone is 2. The van der Waals surface area contributed by atoms with Crippen molar-refractivity contribution in [2.45, 2.75) is 18.4 Å². The Morgan fingerprint density at radius 2 is 1.85 bits per heavy atom. The van der Waals surface area contributed by atoms with Crippen molar-refractivity contribution in [3.8, 4) is 0 Å². The SMILES string of the molecule is Fc1cccc2c1N[C@H](c1ccccc1)[C@H]1CC=C[C@H]21. The van der Waals surface area contributed by atoms with E-state index in [1.807, 2.05) is 30.3 Å². The molecule has 4 rings (SSSR count). The standard InChI is InChI=1S/C18H16FN/c19-16-11-5-10-15-13-8-4-9-14(13)17(20-18(15)16)12-6-2-1-3-7-12/h1-8,10-11,13-14,17,20H,9H2/t13-,14-,17+/m0/s1. The monoisotopic (exact) mass is 265 g/mol. The topological polar surface area (TPSA) is 12.0 Å². The van der Waals surface area contributed by atoms with Crippen molar-refractivity contribution >= 4 is 5.69 Å². The van der Waals surface area contributed by atoms with Crippen LogP contribution >= 0.6 is 0 Å². The molecule has 0 bridgehead atoms. The summed E-state index contributed by atoms with van der Waals surface area (Å²) in [5.41, 5.74) is 3.00. The minimum absolute atomic E-state index is 0.151. The van der Waals surface area contributed by atoms with Crippen LogP contribution in [0.5, 0.6) is 0 Å². The van der Waals surface area contributed by atoms with Gasteiger partial charge in [-0.2, -0.15) is 0 Å². The number of anilines is 1. The van der Waals surface area contributed by atoms with Crippen LogP contribution < -0.4 is 5.32 Å². The summed E-state index contributed by atoms with van der Waals surface area (Å²) in [6.07, 6.45) is 5.51. The van der Waals surface area contributed by atoms with Crippen LogP contribution in [0.3, 0.4) is 0 Å². The third kappa shape index (κ3) is 1.68. The molecule has 0 aromatic heterocycles. The first kappa shape index (κ1) is 11.7. The van der Waals surface area contributed by atoms with Crippen LogP contribution in [0, 0.1) is 11.7 Å². The zero-order chi connectivity index (χ0) is 13.5. The molecule has 2 aliphatic rings. The summed E-state index contributed by atoms with van der Waals surface area (Å²) in [5, 5.41) is 3.44. The first-order chi connectivity index (χ1) is 9.84. The van der Waals surface area contributed by atoms with Gasteiger partial charge < -0.3 is 5.32 Å². The molecule has 1 N–H and O–H groups in total. The Labute approximate surface area is 118 Å². The molecule has 0 saturated carbocycles. The van der Waals surface area contributed by atoms with Crippen LogP contribution in [0.25, 0.3) is 0 Å². The van der Waals surface area contributed by atoms with Crippen LogP contribution in [0.15, 0.2) is 60.7 Å². The van der Waals surface area contributed by atoms with Gasteiger partial charge in [0.2, 0.25) is 0 Å². The average molecular weight is 265 g/mol. The van der Waals surface area contributed by atoms with E-state index in [4.69, 9.17) is 0 Å². The van der Waals surface area contributed by atoms with Gasteiger partial charge in [0.25, 0.3) is 0 Å². The third-order valence-electron chi connectivity index (χ3n) is 4.50. The van der Waals surface area contributed by atoms with Gasteiger partial charge in [-0.15, -0.1) is 0 Å². The Morgan fingerprint density at radius 3 is 2.70 bits per heavy atom. The molecule has 0 fully saturated rings. The van der Waals surface area contributed by atoms with E-state index in [9.17, 15) is 4.39 Å². The molecule has 1 heterocycles. The Morgan fingerprint density at radius 1 is 1.00 bits per heavy atom. The Bertz CT molecular complexity index is 662. The fraction of sp³-hybridized carbons (Fsp3) is 0.222. The number of para-hydroxylation sites is 1. The lowest BCUT2D eigenvalue weighted by Crippen LogP contribution is -2.29. The van der Waals surface area contributed by atoms with E-state index in [2.05, 4.69) is 29.6 Å². The molecule has 0 unspecified atom stereocenters. The van der Waals surface area contributed by atoms with Crippen molar-refractivity contribution in [2.75, 3.05) is 5.32 Å². The fourth-order valence-corrected chi connectivity index (χ4v) is 3.57. The summed E-state index contributed by atoms with van der Waals surface area (Å²) < 4.78 is 14.1. The minimum Gasteiger partial charge on any atom is -0.375 e. The lowest BCUT2D eigenvalue weighted by molar-refractivity contribution is 0.421. The van der Waals surface area contributed by atoms with Crippen molar-refractivity contribution in [3.05, 3.63) is 77.6 Å². The highest BCUT2D eigenvalue weighted by atomic mass is 19.1. The maximum Gasteiger partial charge on any atom is 0.146 e. The highest BCUT2D eigenvalue weighted by Gasteiger charge is 2.38. The van der Waals surface area contributed by atoms with Gasteiger partial charge >= 0.3 is 0 Å². The molecule has 0 saturated heterocycles. The largest absolute Gasteiger partial charge is 0.375 e. The second kappa shape index (κ2) is 4.48. The number of nitrogens with one attached hydrogen (secondary N) is 1. The van der Waals surface area contributed by atoms with E-state index in [1.54, 1.807) is 0 Å². The Kier molecular flexibility index (Phi) is 2.62. The number of benzene rings is 2. The summed E-state index contributed by atoms with van der Waals surface area (Å²) in [7, 11) is 0. The van der Waals surface area contributed by atoms with E-state index in [1.165, 1.54) is 11.6 Å². The Balaban J connectivity index is 1.83. The summed E-state index contributed by atoms with van der Waals surface area (Å²) in [4.78, 5) is 0.